The third-order valence-electron chi connectivity index (χ3n) is 2.35. The molecule has 1 aromatic heterocycles. The Kier molecular flexibility index (Phi) is 2.96. The van der Waals surface area contributed by atoms with Crippen molar-refractivity contribution < 1.29 is 0 Å². The zero-order valence-electron chi connectivity index (χ0n) is 9.33. The van der Waals surface area contributed by atoms with E-state index in [9.17, 15) is 0 Å². The van der Waals surface area contributed by atoms with Gasteiger partial charge in [-0.1, -0.05) is 26.9 Å². The van der Waals surface area contributed by atoms with Crippen LogP contribution in [0, 0.1) is 5.92 Å². The van der Waals surface area contributed by atoms with Gasteiger partial charge < -0.3 is 4.57 Å². The van der Waals surface area contributed by atoms with E-state index in [1.807, 2.05) is 12.4 Å². The molecule has 1 aromatic rings. The summed E-state index contributed by atoms with van der Waals surface area (Å²) in [5.41, 5.74) is 1.32. The number of rotatable bonds is 3. The van der Waals surface area contributed by atoms with Gasteiger partial charge in [-0.15, -0.1) is 0 Å². The van der Waals surface area contributed by atoms with Gasteiger partial charge in [-0.2, -0.15) is 0 Å². The van der Waals surface area contributed by atoms with Crippen molar-refractivity contribution in [2.24, 2.45) is 13.0 Å². The lowest BCUT2D eigenvalue weighted by atomic mass is 10.3. The second-order valence-corrected chi connectivity index (χ2v) is 9.47. The molecule has 0 bridgehead atoms. The fourth-order valence-corrected chi connectivity index (χ4v) is 5.81. The fraction of sp³-hybridized carbons (Fsp3) is 0.700. The van der Waals surface area contributed by atoms with Crippen molar-refractivity contribution in [2.75, 3.05) is 0 Å². The van der Waals surface area contributed by atoms with Crippen molar-refractivity contribution >= 4 is 13.5 Å². The molecule has 13 heavy (non-hydrogen) atoms. The maximum Gasteiger partial charge on any atom is 0.126 e. The lowest BCUT2D eigenvalue weighted by molar-refractivity contribution is 0.720. The molecule has 2 nitrogen and oxygen atoms in total. The zero-order valence-corrected chi connectivity index (χ0v) is 10.3. The Morgan fingerprint density at radius 3 is 2.46 bits per heavy atom. The topological polar surface area (TPSA) is 17.8 Å². The molecule has 0 spiro atoms. The van der Waals surface area contributed by atoms with Crippen LogP contribution in [0.1, 0.15) is 13.8 Å². The average Bonchev–Trinajstić information content (AvgIpc) is 2.32. The van der Waals surface area contributed by atoms with E-state index in [1.165, 1.54) is 11.5 Å². The second-order valence-electron chi connectivity index (χ2n) is 4.84. The molecule has 0 fully saturated rings. The normalized spacial score (nSPS) is 12.5. The summed E-state index contributed by atoms with van der Waals surface area (Å²) in [5.74, 6) is 0.776. The van der Waals surface area contributed by atoms with Crippen LogP contribution in [0.25, 0.3) is 0 Å². The summed E-state index contributed by atoms with van der Waals surface area (Å²) in [6.45, 7) is 9.38. The highest BCUT2D eigenvalue weighted by Gasteiger charge is 2.28. The van der Waals surface area contributed by atoms with E-state index in [2.05, 4.69) is 43.5 Å². The number of aryl methyl sites for hydroxylation is 1. The van der Waals surface area contributed by atoms with Crippen LogP contribution < -0.4 is 5.45 Å². The molecule has 0 unspecified atom stereocenters. The Morgan fingerprint density at radius 1 is 1.46 bits per heavy atom. The minimum Gasteiger partial charge on any atom is -0.342 e. The average molecular weight is 196 g/mol. The van der Waals surface area contributed by atoms with Crippen molar-refractivity contribution in [1.29, 1.82) is 0 Å². The molecule has 0 N–H and O–H groups in total. The summed E-state index contributed by atoms with van der Waals surface area (Å²) in [6.07, 6.45) is 3.95. The summed E-state index contributed by atoms with van der Waals surface area (Å²) in [5, 5.41) is 0. The number of hydrogen-bond acceptors (Lipinski definition) is 1. The van der Waals surface area contributed by atoms with E-state index in [4.69, 9.17) is 0 Å². The van der Waals surface area contributed by atoms with Crippen LogP contribution in [-0.4, -0.2) is 17.6 Å². The molecule has 0 aliphatic carbocycles. The van der Waals surface area contributed by atoms with Gasteiger partial charge in [0.05, 0.1) is 5.45 Å². The molecule has 0 aromatic carbocycles. The molecule has 0 atom stereocenters. The lowest BCUT2D eigenvalue weighted by Crippen LogP contribution is -2.47. The SMILES string of the molecule is CC(C)C[Si](C)(C)c1nccn1C. The maximum absolute atomic E-state index is 4.47. The minimum atomic E-state index is -1.28. The van der Waals surface area contributed by atoms with E-state index in [-0.39, 0.29) is 0 Å². The summed E-state index contributed by atoms with van der Waals surface area (Å²) in [6, 6.07) is 1.32. The third kappa shape index (κ3) is 2.43. The highest BCUT2D eigenvalue weighted by atomic mass is 28.3. The Morgan fingerprint density at radius 2 is 2.08 bits per heavy atom. The summed E-state index contributed by atoms with van der Waals surface area (Å²) < 4.78 is 2.18. The first kappa shape index (κ1) is 10.5. The fourth-order valence-electron chi connectivity index (χ4n) is 2.13. The van der Waals surface area contributed by atoms with Gasteiger partial charge in [-0.3, -0.25) is 0 Å². The molecule has 0 radical (unpaired) electrons. The summed E-state index contributed by atoms with van der Waals surface area (Å²) in [4.78, 5) is 4.47. The Labute approximate surface area is 82.0 Å². The maximum atomic E-state index is 4.47. The zero-order chi connectivity index (χ0) is 10.1. The monoisotopic (exact) mass is 196 g/mol. The molecule has 3 heteroatoms. The molecule has 74 valence electrons. The smallest absolute Gasteiger partial charge is 0.126 e. The predicted octanol–water partition coefficient (Wildman–Crippen LogP) is 1.99. The van der Waals surface area contributed by atoms with Gasteiger partial charge in [0.2, 0.25) is 0 Å². The first-order valence-corrected chi connectivity index (χ1v) is 8.12. The van der Waals surface area contributed by atoms with Crippen LogP contribution in [0.2, 0.25) is 19.1 Å². The Bertz CT molecular complexity index is 276. The lowest BCUT2D eigenvalue weighted by Gasteiger charge is -2.23. The van der Waals surface area contributed by atoms with Gasteiger partial charge >= 0.3 is 0 Å². The van der Waals surface area contributed by atoms with Crippen LogP contribution in [-0.2, 0) is 7.05 Å². The van der Waals surface area contributed by atoms with Crippen LogP contribution in [0.3, 0.4) is 0 Å². The number of aromatic nitrogens is 2. The second kappa shape index (κ2) is 3.66. The Balaban J connectivity index is 2.87. The number of nitrogens with zero attached hydrogens (tertiary/aromatic N) is 2. The van der Waals surface area contributed by atoms with Gasteiger partial charge in [0.15, 0.2) is 0 Å². The number of hydrogen-bond donors (Lipinski definition) is 0. The highest BCUT2D eigenvalue weighted by Crippen LogP contribution is 2.15. The van der Waals surface area contributed by atoms with Crippen molar-refractivity contribution in [3.63, 3.8) is 0 Å². The quantitative estimate of drug-likeness (QED) is 0.676. The van der Waals surface area contributed by atoms with Gasteiger partial charge in [-0.25, -0.2) is 4.98 Å². The van der Waals surface area contributed by atoms with E-state index >= 15 is 0 Å². The molecule has 0 amide bonds. The van der Waals surface area contributed by atoms with Crippen LogP contribution >= 0.6 is 0 Å². The van der Waals surface area contributed by atoms with E-state index in [1.54, 1.807) is 0 Å². The van der Waals surface area contributed by atoms with E-state index in [0.29, 0.717) is 0 Å². The van der Waals surface area contributed by atoms with Crippen molar-refractivity contribution in [1.82, 2.24) is 9.55 Å². The van der Waals surface area contributed by atoms with Crippen LogP contribution in [0.5, 0.6) is 0 Å². The van der Waals surface area contributed by atoms with Gasteiger partial charge in [0.1, 0.15) is 8.07 Å². The van der Waals surface area contributed by atoms with Gasteiger partial charge in [0, 0.05) is 19.4 Å². The largest absolute Gasteiger partial charge is 0.342 e. The van der Waals surface area contributed by atoms with Gasteiger partial charge in [-0.05, 0) is 12.0 Å². The van der Waals surface area contributed by atoms with Crippen molar-refractivity contribution in [3.05, 3.63) is 12.4 Å². The third-order valence-corrected chi connectivity index (χ3v) is 5.87. The highest BCUT2D eigenvalue weighted by molar-refractivity contribution is 6.88. The molecule has 0 aliphatic rings. The predicted molar refractivity (Wildman–Crippen MR) is 60.0 cm³/mol. The van der Waals surface area contributed by atoms with Crippen LogP contribution in [0.15, 0.2) is 12.4 Å². The van der Waals surface area contributed by atoms with Crippen LogP contribution in [0.4, 0.5) is 0 Å². The van der Waals surface area contributed by atoms with E-state index < -0.39 is 8.07 Å². The first-order chi connectivity index (χ1) is 5.93. The minimum absolute atomic E-state index is 0.776. The van der Waals surface area contributed by atoms with Crippen molar-refractivity contribution in [2.45, 2.75) is 33.0 Å². The summed E-state index contributed by atoms with van der Waals surface area (Å²) in [7, 11) is 0.812. The number of imidazole rings is 1. The molecule has 1 heterocycles. The van der Waals surface area contributed by atoms with Gasteiger partial charge in [0.25, 0.3) is 0 Å². The first-order valence-electron chi connectivity index (χ1n) is 4.91. The molecule has 0 saturated heterocycles. The Hall–Kier alpha value is -0.573. The standard InChI is InChI=1S/C10H20N2Si/c1-9(2)8-13(4,5)10-11-6-7-12(10)3/h6-7,9H,8H2,1-5H3. The molecule has 0 aliphatic heterocycles. The van der Waals surface area contributed by atoms with Crippen molar-refractivity contribution in [3.8, 4) is 0 Å². The molecule has 1 rings (SSSR count). The van der Waals surface area contributed by atoms with E-state index in [0.717, 1.165) is 5.92 Å². The summed E-state index contributed by atoms with van der Waals surface area (Å²) >= 11 is 0. The molecular weight excluding hydrogens is 176 g/mol. The molecular formula is C10H20N2Si. The molecule has 0 saturated carbocycles.